The first-order valence-electron chi connectivity index (χ1n) is 7.59. The summed E-state index contributed by atoms with van der Waals surface area (Å²) in [5.74, 6) is 0.606. The summed E-state index contributed by atoms with van der Waals surface area (Å²) in [5.41, 5.74) is 1.20. The number of unbranched alkanes of at least 4 members (excludes halogenated alkanes) is 1. The molecular weight excluding hydrogens is 254 g/mol. The van der Waals surface area contributed by atoms with E-state index in [0.717, 1.165) is 45.3 Å². The summed E-state index contributed by atoms with van der Waals surface area (Å²) in [6, 6.07) is 0. The largest absolute Gasteiger partial charge is 0.449 e. The van der Waals surface area contributed by atoms with Crippen molar-refractivity contribution < 1.29 is 9.53 Å². The van der Waals surface area contributed by atoms with Crippen molar-refractivity contribution in [1.82, 2.24) is 14.7 Å². The summed E-state index contributed by atoms with van der Waals surface area (Å²) < 4.78 is 7.26. The molecule has 0 N–H and O–H groups in total. The molecular formula is C15H25N3O2. The van der Waals surface area contributed by atoms with Gasteiger partial charge < -0.3 is 9.64 Å². The fourth-order valence-corrected chi connectivity index (χ4v) is 2.52. The minimum Gasteiger partial charge on any atom is -0.449 e. The number of likely N-dealkylation sites (tertiary alicyclic amines) is 1. The molecule has 1 aromatic rings. The Morgan fingerprint density at radius 3 is 2.80 bits per heavy atom. The van der Waals surface area contributed by atoms with Gasteiger partial charge >= 0.3 is 6.09 Å². The van der Waals surface area contributed by atoms with Crippen LogP contribution in [0.5, 0.6) is 0 Å². The highest BCUT2D eigenvalue weighted by atomic mass is 16.6. The van der Waals surface area contributed by atoms with Gasteiger partial charge in [0.2, 0.25) is 0 Å². The van der Waals surface area contributed by atoms with E-state index < -0.39 is 0 Å². The topological polar surface area (TPSA) is 47.4 Å². The lowest BCUT2D eigenvalue weighted by Gasteiger charge is -2.31. The van der Waals surface area contributed by atoms with Gasteiger partial charge in [0.05, 0.1) is 12.8 Å². The molecule has 5 heteroatoms. The van der Waals surface area contributed by atoms with Crippen molar-refractivity contribution in [1.29, 1.82) is 0 Å². The lowest BCUT2D eigenvalue weighted by Crippen LogP contribution is -2.39. The molecule has 0 spiro atoms. The minimum atomic E-state index is -0.146. The predicted octanol–water partition coefficient (Wildman–Crippen LogP) is 2.84. The van der Waals surface area contributed by atoms with Crippen LogP contribution in [0.1, 0.15) is 38.2 Å². The van der Waals surface area contributed by atoms with E-state index in [1.807, 2.05) is 15.8 Å². The molecule has 2 rings (SSSR count). The quantitative estimate of drug-likeness (QED) is 0.779. The van der Waals surface area contributed by atoms with Crippen LogP contribution in [-0.2, 0) is 11.3 Å². The van der Waals surface area contributed by atoms with Gasteiger partial charge in [-0.2, -0.15) is 5.10 Å². The number of amides is 1. The number of aryl methyl sites for hydroxylation is 1. The number of hydrogen-bond acceptors (Lipinski definition) is 3. The molecule has 1 saturated heterocycles. The predicted molar refractivity (Wildman–Crippen MR) is 77.5 cm³/mol. The summed E-state index contributed by atoms with van der Waals surface area (Å²) in [6.45, 7) is 7.24. The molecule has 0 atom stereocenters. The third-order valence-electron chi connectivity index (χ3n) is 3.80. The van der Waals surface area contributed by atoms with Crippen molar-refractivity contribution in [3.05, 3.63) is 18.0 Å². The summed E-state index contributed by atoms with van der Waals surface area (Å²) in [4.78, 5) is 13.7. The zero-order valence-corrected chi connectivity index (χ0v) is 12.5. The van der Waals surface area contributed by atoms with Crippen molar-refractivity contribution in [3.63, 3.8) is 0 Å². The second-order valence-electron chi connectivity index (χ2n) is 5.64. The standard InChI is InChI=1S/C15H25N3O2/c1-3-4-9-20-15(19)17-7-5-14(6-8-17)12-18-11-13(2)10-16-18/h10-11,14H,3-9,12H2,1-2H3. The average Bonchev–Trinajstić information content (AvgIpc) is 2.85. The Morgan fingerprint density at radius 2 is 2.20 bits per heavy atom. The second-order valence-corrected chi connectivity index (χ2v) is 5.64. The Labute approximate surface area is 120 Å². The maximum atomic E-state index is 11.8. The van der Waals surface area contributed by atoms with Crippen LogP contribution in [0.25, 0.3) is 0 Å². The lowest BCUT2D eigenvalue weighted by atomic mass is 9.97. The van der Waals surface area contributed by atoms with Gasteiger partial charge in [0.25, 0.3) is 0 Å². The molecule has 0 saturated carbocycles. The lowest BCUT2D eigenvalue weighted by molar-refractivity contribution is 0.0846. The third-order valence-corrected chi connectivity index (χ3v) is 3.80. The van der Waals surface area contributed by atoms with Gasteiger partial charge in [0.15, 0.2) is 0 Å². The van der Waals surface area contributed by atoms with Crippen molar-refractivity contribution in [2.45, 2.75) is 46.1 Å². The van der Waals surface area contributed by atoms with Crippen LogP contribution in [-0.4, -0.2) is 40.5 Å². The molecule has 1 fully saturated rings. The number of nitrogens with zero attached hydrogens (tertiary/aromatic N) is 3. The van der Waals surface area contributed by atoms with Gasteiger partial charge in [-0.3, -0.25) is 4.68 Å². The highest BCUT2D eigenvalue weighted by Gasteiger charge is 2.23. The Kier molecular flexibility index (Phi) is 5.44. The molecule has 0 bridgehead atoms. The van der Waals surface area contributed by atoms with Crippen LogP contribution in [0.2, 0.25) is 0 Å². The molecule has 2 heterocycles. The number of rotatable bonds is 5. The van der Waals surface area contributed by atoms with E-state index in [1.54, 1.807) is 0 Å². The summed E-state index contributed by atoms with van der Waals surface area (Å²) in [7, 11) is 0. The van der Waals surface area contributed by atoms with Crippen LogP contribution < -0.4 is 0 Å². The molecule has 1 aromatic heterocycles. The maximum Gasteiger partial charge on any atom is 0.409 e. The van der Waals surface area contributed by atoms with Gasteiger partial charge in [-0.15, -0.1) is 0 Å². The molecule has 1 amide bonds. The number of ether oxygens (including phenoxy) is 1. The van der Waals surface area contributed by atoms with Gasteiger partial charge in [0, 0.05) is 25.8 Å². The molecule has 0 aromatic carbocycles. The van der Waals surface area contributed by atoms with Crippen molar-refractivity contribution in [3.8, 4) is 0 Å². The van der Waals surface area contributed by atoms with Gasteiger partial charge in [-0.05, 0) is 37.7 Å². The van der Waals surface area contributed by atoms with Crippen LogP contribution in [0.15, 0.2) is 12.4 Å². The molecule has 1 aliphatic rings. The maximum absolute atomic E-state index is 11.8. The van der Waals surface area contributed by atoms with Crippen molar-refractivity contribution in [2.75, 3.05) is 19.7 Å². The van der Waals surface area contributed by atoms with E-state index in [-0.39, 0.29) is 6.09 Å². The summed E-state index contributed by atoms with van der Waals surface area (Å²) in [5, 5.41) is 4.33. The monoisotopic (exact) mass is 279 g/mol. The van der Waals surface area contributed by atoms with E-state index in [4.69, 9.17) is 4.74 Å². The van der Waals surface area contributed by atoms with Crippen LogP contribution >= 0.6 is 0 Å². The highest BCUT2D eigenvalue weighted by Crippen LogP contribution is 2.19. The third kappa shape index (κ3) is 4.25. The molecule has 1 aliphatic heterocycles. The Morgan fingerprint density at radius 1 is 1.45 bits per heavy atom. The molecule has 20 heavy (non-hydrogen) atoms. The van der Waals surface area contributed by atoms with Crippen LogP contribution in [0, 0.1) is 12.8 Å². The first-order valence-corrected chi connectivity index (χ1v) is 7.59. The first kappa shape index (κ1) is 14.9. The van der Waals surface area contributed by atoms with E-state index in [9.17, 15) is 4.79 Å². The number of hydrogen-bond donors (Lipinski definition) is 0. The number of carbonyl (C=O) groups is 1. The molecule has 5 nitrogen and oxygen atoms in total. The van der Waals surface area contributed by atoms with Gasteiger partial charge in [0.1, 0.15) is 0 Å². The zero-order chi connectivity index (χ0) is 14.4. The molecule has 0 aliphatic carbocycles. The van der Waals surface area contributed by atoms with Crippen molar-refractivity contribution in [2.24, 2.45) is 5.92 Å². The minimum absolute atomic E-state index is 0.146. The van der Waals surface area contributed by atoms with E-state index in [2.05, 4.69) is 25.1 Å². The van der Waals surface area contributed by atoms with Crippen molar-refractivity contribution >= 4 is 6.09 Å². The number of aromatic nitrogens is 2. The van der Waals surface area contributed by atoms with E-state index in [1.165, 1.54) is 5.56 Å². The normalized spacial score (nSPS) is 16.4. The van der Waals surface area contributed by atoms with E-state index >= 15 is 0 Å². The zero-order valence-electron chi connectivity index (χ0n) is 12.5. The highest BCUT2D eigenvalue weighted by molar-refractivity contribution is 5.67. The number of carbonyl (C=O) groups excluding carboxylic acids is 1. The Hall–Kier alpha value is -1.52. The van der Waals surface area contributed by atoms with E-state index in [0.29, 0.717) is 12.5 Å². The molecule has 0 unspecified atom stereocenters. The first-order chi connectivity index (χ1) is 9.69. The van der Waals surface area contributed by atoms with Crippen LogP contribution in [0.3, 0.4) is 0 Å². The SMILES string of the molecule is CCCCOC(=O)N1CCC(Cn2cc(C)cn2)CC1. The second kappa shape index (κ2) is 7.31. The number of piperidine rings is 1. The summed E-state index contributed by atoms with van der Waals surface area (Å²) in [6.07, 6.45) is 7.88. The molecule has 0 radical (unpaired) electrons. The average molecular weight is 279 g/mol. The fraction of sp³-hybridized carbons (Fsp3) is 0.733. The van der Waals surface area contributed by atoms with Crippen LogP contribution in [0.4, 0.5) is 4.79 Å². The Bertz CT molecular complexity index is 423. The Balaban J connectivity index is 1.70. The summed E-state index contributed by atoms with van der Waals surface area (Å²) >= 11 is 0. The molecule has 112 valence electrons. The van der Waals surface area contributed by atoms with Gasteiger partial charge in [-0.25, -0.2) is 4.79 Å². The van der Waals surface area contributed by atoms with Gasteiger partial charge in [-0.1, -0.05) is 13.3 Å². The smallest absolute Gasteiger partial charge is 0.409 e. The fourth-order valence-electron chi connectivity index (χ4n) is 2.52.